The molecule has 1 N–H and O–H groups in total. The number of nitrogens with one attached hydrogen (secondary N) is 1. The first kappa shape index (κ1) is 17.5. The molecule has 1 aliphatic rings. The fraction of sp³-hybridized carbons (Fsp3) is 0.0526. The van der Waals surface area contributed by atoms with E-state index in [-0.39, 0.29) is 12.1 Å². The van der Waals surface area contributed by atoms with Gasteiger partial charge in [0, 0.05) is 26.3 Å². The highest BCUT2D eigenvalue weighted by Crippen LogP contribution is 2.39. The topological polar surface area (TPSA) is 45.2 Å². The minimum atomic E-state index is -0.371. The van der Waals surface area contributed by atoms with Crippen molar-refractivity contribution in [2.75, 3.05) is 10.2 Å². The minimum absolute atomic E-state index is 0.0962. The minimum Gasteiger partial charge on any atom is -0.360 e. The molecular weight excluding hydrogens is 481 g/mol. The third kappa shape index (κ3) is 3.13. The highest BCUT2D eigenvalue weighted by molar-refractivity contribution is 9.11. The maximum absolute atomic E-state index is 13.0. The summed E-state index contributed by atoms with van der Waals surface area (Å²) in [5, 5.41) is 3.98. The molecule has 4 nitrogen and oxygen atoms in total. The Bertz CT molecular complexity index is 994. The van der Waals surface area contributed by atoms with E-state index in [0.29, 0.717) is 16.4 Å². The van der Waals surface area contributed by atoms with Crippen LogP contribution in [0.15, 0.2) is 69.7 Å². The summed E-state index contributed by atoms with van der Waals surface area (Å²) >= 11 is 13.0. The van der Waals surface area contributed by atoms with E-state index in [1.165, 1.54) is 0 Å². The Hall–Kier alpha value is -1.89. The summed E-state index contributed by atoms with van der Waals surface area (Å²) in [4.78, 5) is 19.0. The predicted octanol–water partition coefficient (Wildman–Crippen LogP) is 6.03. The Kier molecular flexibility index (Phi) is 4.73. The number of hydrogen-bond acceptors (Lipinski definition) is 3. The van der Waals surface area contributed by atoms with E-state index in [4.69, 9.17) is 11.6 Å². The second kappa shape index (κ2) is 7.02. The van der Waals surface area contributed by atoms with Gasteiger partial charge in [-0.05, 0) is 52.3 Å². The maximum atomic E-state index is 13.0. The van der Waals surface area contributed by atoms with Gasteiger partial charge in [0.1, 0.15) is 12.0 Å². The second-order valence-electron chi connectivity index (χ2n) is 5.77. The molecule has 0 fully saturated rings. The highest BCUT2D eigenvalue weighted by atomic mass is 79.9. The van der Waals surface area contributed by atoms with Gasteiger partial charge in [-0.2, -0.15) is 0 Å². The van der Waals surface area contributed by atoms with Crippen LogP contribution in [-0.2, 0) is 0 Å². The standard InChI is InChI=1S/C19H12Br2ClN3O/c20-11-5-7-16(15(21)9-11)24-18-13-3-1-2-4-14(13)19(26)25(18)17-8-6-12(22)10-23-17/h1-10,18,24H. The zero-order valence-electron chi connectivity index (χ0n) is 13.3. The number of carbonyl (C=O) groups excluding carboxylic acids is 1. The lowest BCUT2D eigenvalue weighted by molar-refractivity contribution is 0.0992. The fourth-order valence-electron chi connectivity index (χ4n) is 2.96. The van der Waals surface area contributed by atoms with Crippen molar-refractivity contribution in [3.8, 4) is 0 Å². The van der Waals surface area contributed by atoms with Crippen molar-refractivity contribution in [2.45, 2.75) is 6.17 Å². The number of amides is 1. The molecule has 3 aromatic rings. The largest absolute Gasteiger partial charge is 0.360 e. The van der Waals surface area contributed by atoms with Crippen molar-refractivity contribution in [2.24, 2.45) is 0 Å². The van der Waals surface area contributed by atoms with E-state index in [9.17, 15) is 4.79 Å². The number of fused-ring (bicyclic) bond motifs is 1. The number of aromatic nitrogens is 1. The number of hydrogen-bond donors (Lipinski definition) is 1. The molecule has 0 bridgehead atoms. The second-order valence-corrected chi connectivity index (χ2v) is 7.97. The van der Waals surface area contributed by atoms with Crippen LogP contribution in [-0.4, -0.2) is 10.9 Å². The molecule has 1 aliphatic heterocycles. The van der Waals surface area contributed by atoms with Crippen molar-refractivity contribution >= 4 is 60.9 Å². The normalized spacial score (nSPS) is 15.9. The lowest BCUT2D eigenvalue weighted by Crippen LogP contribution is -2.33. The molecule has 1 atom stereocenters. The Morgan fingerprint density at radius 3 is 2.62 bits per heavy atom. The number of rotatable bonds is 3. The van der Waals surface area contributed by atoms with Crippen molar-refractivity contribution in [3.05, 3.63) is 85.9 Å². The molecule has 130 valence electrons. The van der Waals surface area contributed by atoms with Gasteiger partial charge in [-0.3, -0.25) is 9.69 Å². The van der Waals surface area contributed by atoms with E-state index >= 15 is 0 Å². The van der Waals surface area contributed by atoms with Crippen molar-refractivity contribution < 1.29 is 4.79 Å². The van der Waals surface area contributed by atoms with Crippen LogP contribution in [0.4, 0.5) is 11.5 Å². The quantitative estimate of drug-likeness (QED) is 0.485. The van der Waals surface area contributed by atoms with E-state index in [0.717, 1.165) is 20.2 Å². The predicted molar refractivity (Wildman–Crippen MR) is 111 cm³/mol. The highest BCUT2D eigenvalue weighted by Gasteiger charge is 2.38. The number of nitrogens with zero attached hydrogens (tertiary/aromatic N) is 2. The molecule has 4 rings (SSSR count). The lowest BCUT2D eigenvalue weighted by Gasteiger charge is -2.26. The molecule has 0 spiro atoms. The Balaban J connectivity index is 1.79. The van der Waals surface area contributed by atoms with Gasteiger partial charge in [-0.25, -0.2) is 4.98 Å². The molecule has 7 heteroatoms. The van der Waals surface area contributed by atoms with Crippen LogP contribution in [0.1, 0.15) is 22.1 Å². The fourth-order valence-corrected chi connectivity index (χ4v) is 4.23. The molecule has 26 heavy (non-hydrogen) atoms. The first-order valence-electron chi connectivity index (χ1n) is 7.80. The van der Waals surface area contributed by atoms with Crippen LogP contribution in [0.2, 0.25) is 5.02 Å². The summed E-state index contributed by atoms with van der Waals surface area (Å²) in [6.07, 6.45) is 1.17. The molecule has 0 saturated carbocycles. The number of benzene rings is 2. The summed E-state index contributed by atoms with van der Waals surface area (Å²) in [6, 6.07) is 16.9. The molecule has 1 aromatic heterocycles. The first-order chi connectivity index (χ1) is 12.5. The third-order valence-electron chi connectivity index (χ3n) is 4.14. The molecule has 0 radical (unpaired) electrons. The molecule has 1 amide bonds. The van der Waals surface area contributed by atoms with Gasteiger partial charge >= 0.3 is 0 Å². The average Bonchev–Trinajstić information content (AvgIpc) is 2.91. The van der Waals surface area contributed by atoms with Crippen LogP contribution in [0.5, 0.6) is 0 Å². The zero-order valence-corrected chi connectivity index (χ0v) is 17.2. The molecule has 2 aromatic carbocycles. The van der Waals surface area contributed by atoms with E-state index in [1.807, 2.05) is 42.5 Å². The Labute approximate surface area is 172 Å². The van der Waals surface area contributed by atoms with Gasteiger partial charge in [-0.15, -0.1) is 0 Å². The Morgan fingerprint density at radius 2 is 1.88 bits per heavy atom. The van der Waals surface area contributed by atoms with Crippen LogP contribution in [0.25, 0.3) is 0 Å². The summed E-state index contributed by atoms with van der Waals surface area (Å²) in [7, 11) is 0. The van der Waals surface area contributed by atoms with Gasteiger partial charge in [-0.1, -0.05) is 45.7 Å². The molecule has 0 aliphatic carbocycles. The average molecular weight is 494 g/mol. The van der Waals surface area contributed by atoms with Gasteiger partial charge in [0.25, 0.3) is 5.91 Å². The van der Waals surface area contributed by atoms with Crippen molar-refractivity contribution in [1.29, 1.82) is 0 Å². The van der Waals surface area contributed by atoms with E-state index in [2.05, 4.69) is 42.2 Å². The third-order valence-corrected chi connectivity index (χ3v) is 5.52. The summed E-state index contributed by atoms with van der Waals surface area (Å²) in [5.74, 6) is 0.447. The lowest BCUT2D eigenvalue weighted by atomic mass is 10.1. The number of halogens is 3. The zero-order chi connectivity index (χ0) is 18.3. The summed E-state index contributed by atoms with van der Waals surface area (Å²) < 4.78 is 1.86. The molecule has 0 saturated heterocycles. The number of carbonyl (C=O) groups is 1. The first-order valence-corrected chi connectivity index (χ1v) is 9.76. The van der Waals surface area contributed by atoms with Gasteiger partial charge in [0.2, 0.25) is 0 Å². The van der Waals surface area contributed by atoms with Crippen LogP contribution in [0, 0.1) is 0 Å². The monoisotopic (exact) mass is 491 g/mol. The molecule has 2 heterocycles. The number of anilines is 2. The molecule has 1 unspecified atom stereocenters. The smallest absolute Gasteiger partial charge is 0.261 e. The SMILES string of the molecule is O=C1c2ccccc2C(Nc2ccc(Br)cc2Br)N1c1ccc(Cl)cn1. The maximum Gasteiger partial charge on any atom is 0.261 e. The summed E-state index contributed by atoms with van der Waals surface area (Å²) in [5.41, 5.74) is 2.45. The molecular formula is C19H12Br2ClN3O. The van der Waals surface area contributed by atoms with Crippen LogP contribution < -0.4 is 10.2 Å². The summed E-state index contributed by atoms with van der Waals surface area (Å²) in [6.45, 7) is 0. The van der Waals surface area contributed by atoms with Gasteiger partial charge < -0.3 is 5.32 Å². The number of pyridine rings is 1. The van der Waals surface area contributed by atoms with Crippen LogP contribution in [0.3, 0.4) is 0 Å². The van der Waals surface area contributed by atoms with Crippen LogP contribution >= 0.6 is 43.5 Å². The van der Waals surface area contributed by atoms with Crippen molar-refractivity contribution in [1.82, 2.24) is 4.98 Å². The Morgan fingerprint density at radius 1 is 1.08 bits per heavy atom. The van der Waals surface area contributed by atoms with Gasteiger partial charge in [0.05, 0.1) is 10.7 Å². The van der Waals surface area contributed by atoms with Gasteiger partial charge in [0.15, 0.2) is 0 Å². The van der Waals surface area contributed by atoms with E-state index in [1.54, 1.807) is 23.2 Å². The van der Waals surface area contributed by atoms with E-state index < -0.39 is 0 Å². The van der Waals surface area contributed by atoms with Crippen molar-refractivity contribution in [3.63, 3.8) is 0 Å².